The van der Waals surface area contributed by atoms with Crippen molar-refractivity contribution in [3.05, 3.63) is 24.3 Å². The molecule has 0 radical (unpaired) electrons. The van der Waals surface area contributed by atoms with Gasteiger partial charge in [0.05, 0.1) is 25.9 Å². The number of hydrogen-bond donors (Lipinski definition) is 1. The van der Waals surface area contributed by atoms with E-state index in [4.69, 9.17) is 9.47 Å². The molecule has 4 heteroatoms. The summed E-state index contributed by atoms with van der Waals surface area (Å²) in [5, 5.41) is 9.74. The maximum atomic E-state index is 9.74. The Bertz CT molecular complexity index is 328. The molecule has 0 heterocycles. The normalized spacial score (nSPS) is 12.8. The second-order valence-corrected chi connectivity index (χ2v) is 5.06. The van der Waals surface area contributed by atoms with E-state index < -0.39 is 6.10 Å². The lowest BCUT2D eigenvalue weighted by Gasteiger charge is -2.14. The van der Waals surface area contributed by atoms with E-state index in [9.17, 15) is 5.11 Å². The second-order valence-electron chi connectivity index (χ2n) is 4.00. The highest BCUT2D eigenvalue weighted by Crippen LogP contribution is 2.28. The summed E-state index contributed by atoms with van der Waals surface area (Å²) in [4.78, 5) is 1.04. The van der Waals surface area contributed by atoms with E-state index in [0.29, 0.717) is 12.4 Å². The Balaban J connectivity index is 2.39. The first-order valence-corrected chi connectivity index (χ1v) is 6.67. The van der Waals surface area contributed by atoms with Gasteiger partial charge in [-0.15, -0.1) is 11.8 Å². The summed E-state index contributed by atoms with van der Waals surface area (Å²) in [5.41, 5.74) is 0. The summed E-state index contributed by atoms with van der Waals surface area (Å²) in [5.74, 6) is 1.45. The van der Waals surface area contributed by atoms with Gasteiger partial charge in [0.2, 0.25) is 0 Å². The van der Waals surface area contributed by atoms with Gasteiger partial charge >= 0.3 is 0 Å². The third-order valence-corrected chi connectivity index (χ3v) is 3.32. The lowest BCUT2D eigenvalue weighted by atomic mass is 10.3. The van der Waals surface area contributed by atoms with Crippen LogP contribution in [0.2, 0.25) is 0 Å². The van der Waals surface area contributed by atoms with E-state index in [1.54, 1.807) is 18.9 Å². The summed E-state index contributed by atoms with van der Waals surface area (Å²) in [7, 11) is 1.65. The van der Waals surface area contributed by atoms with E-state index in [1.165, 1.54) is 0 Å². The Morgan fingerprint density at radius 3 is 2.65 bits per heavy atom. The van der Waals surface area contributed by atoms with Gasteiger partial charge in [-0.25, -0.2) is 0 Å². The van der Waals surface area contributed by atoms with Crippen molar-refractivity contribution in [2.75, 3.05) is 19.5 Å². The predicted molar refractivity (Wildman–Crippen MR) is 70.8 cm³/mol. The van der Waals surface area contributed by atoms with Gasteiger partial charge in [-0.1, -0.05) is 12.1 Å². The van der Waals surface area contributed by atoms with E-state index in [1.807, 2.05) is 38.1 Å². The van der Waals surface area contributed by atoms with Crippen molar-refractivity contribution in [2.24, 2.45) is 0 Å². The van der Waals surface area contributed by atoms with Crippen LogP contribution in [0.5, 0.6) is 5.75 Å². The molecule has 96 valence electrons. The molecule has 0 amide bonds. The molecule has 0 aliphatic heterocycles. The zero-order chi connectivity index (χ0) is 12.7. The van der Waals surface area contributed by atoms with Crippen molar-refractivity contribution in [3.8, 4) is 5.75 Å². The monoisotopic (exact) mass is 256 g/mol. The first kappa shape index (κ1) is 14.4. The van der Waals surface area contributed by atoms with E-state index in [-0.39, 0.29) is 6.10 Å². The molecular weight excluding hydrogens is 236 g/mol. The maximum Gasteiger partial charge on any atom is 0.132 e. The summed E-state index contributed by atoms with van der Waals surface area (Å²) in [6.07, 6.45) is -0.298. The van der Waals surface area contributed by atoms with Crippen LogP contribution in [-0.4, -0.2) is 36.8 Å². The molecule has 1 rings (SSSR count). The average Bonchev–Trinajstić information content (AvgIpc) is 2.34. The smallest absolute Gasteiger partial charge is 0.132 e. The molecule has 0 bridgehead atoms. The van der Waals surface area contributed by atoms with Crippen molar-refractivity contribution in [1.29, 1.82) is 0 Å². The number of thioether (sulfide) groups is 1. The van der Waals surface area contributed by atoms with Gasteiger partial charge in [0.15, 0.2) is 0 Å². The SMILES string of the molecule is COc1ccccc1SCC(O)COC(C)C. The van der Waals surface area contributed by atoms with Crippen LogP contribution in [0, 0.1) is 0 Å². The lowest BCUT2D eigenvalue weighted by molar-refractivity contribution is 0.0152. The van der Waals surface area contributed by atoms with Crippen molar-refractivity contribution in [2.45, 2.75) is 31.0 Å². The van der Waals surface area contributed by atoms with Gasteiger partial charge in [0.1, 0.15) is 5.75 Å². The number of hydrogen-bond acceptors (Lipinski definition) is 4. The molecule has 0 spiro atoms. The Kier molecular flexibility index (Phi) is 6.40. The molecule has 0 saturated carbocycles. The molecular formula is C13H20O3S. The van der Waals surface area contributed by atoms with Crippen molar-refractivity contribution >= 4 is 11.8 Å². The highest BCUT2D eigenvalue weighted by atomic mass is 32.2. The van der Waals surface area contributed by atoms with Gasteiger partial charge in [-0.2, -0.15) is 0 Å². The minimum atomic E-state index is -0.452. The molecule has 0 saturated heterocycles. The number of rotatable bonds is 7. The molecule has 17 heavy (non-hydrogen) atoms. The second kappa shape index (κ2) is 7.58. The van der Waals surface area contributed by atoms with Gasteiger partial charge in [-0.3, -0.25) is 0 Å². The quantitative estimate of drug-likeness (QED) is 0.761. The van der Waals surface area contributed by atoms with E-state index in [2.05, 4.69) is 0 Å². The predicted octanol–water partition coefficient (Wildman–Crippen LogP) is 2.57. The summed E-state index contributed by atoms with van der Waals surface area (Å²) < 4.78 is 10.6. The molecule has 1 unspecified atom stereocenters. The minimum absolute atomic E-state index is 0.154. The lowest BCUT2D eigenvalue weighted by Crippen LogP contribution is -2.20. The topological polar surface area (TPSA) is 38.7 Å². The number of methoxy groups -OCH3 is 1. The molecule has 1 N–H and O–H groups in total. The molecule has 0 fully saturated rings. The molecule has 3 nitrogen and oxygen atoms in total. The van der Waals surface area contributed by atoms with Gasteiger partial charge in [-0.05, 0) is 26.0 Å². The van der Waals surface area contributed by atoms with Crippen LogP contribution in [0.15, 0.2) is 29.2 Å². The van der Waals surface area contributed by atoms with E-state index in [0.717, 1.165) is 10.6 Å². The van der Waals surface area contributed by atoms with Crippen LogP contribution >= 0.6 is 11.8 Å². The molecule has 1 atom stereocenters. The van der Waals surface area contributed by atoms with Crippen molar-refractivity contribution in [3.63, 3.8) is 0 Å². The molecule has 0 aliphatic rings. The van der Waals surface area contributed by atoms with Gasteiger partial charge < -0.3 is 14.6 Å². The summed E-state index contributed by atoms with van der Waals surface area (Å²) in [6, 6.07) is 7.79. The number of ether oxygens (including phenoxy) is 2. The van der Waals surface area contributed by atoms with Crippen molar-refractivity contribution in [1.82, 2.24) is 0 Å². The standard InChI is InChI=1S/C13H20O3S/c1-10(2)16-8-11(14)9-17-13-7-5-4-6-12(13)15-3/h4-7,10-11,14H,8-9H2,1-3H3. The summed E-state index contributed by atoms with van der Waals surface area (Å²) >= 11 is 1.58. The number of aliphatic hydroxyl groups is 1. The average molecular weight is 256 g/mol. The summed E-state index contributed by atoms with van der Waals surface area (Å²) in [6.45, 7) is 4.29. The first-order chi connectivity index (χ1) is 8.13. The zero-order valence-electron chi connectivity index (χ0n) is 10.6. The Hall–Kier alpha value is -0.710. The van der Waals surface area contributed by atoms with Crippen molar-refractivity contribution < 1.29 is 14.6 Å². The Morgan fingerprint density at radius 2 is 2.00 bits per heavy atom. The largest absolute Gasteiger partial charge is 0.496 e. The number of benzene rings is 1. The number of aliphatic hydroxyl groups excluding tert-OH is 1. The fraction of sp³-hybridized carbons (Fsp3) is 0.538. The highest BCUT2D eigenvalue weighted by molar-refractivity contribution is 7.99. The Morgan fingerprint density at radius 1 is 1.29 bits per heavy atom. The number of para-hydroxylation sites is 1. The van der Waals surface area contributed by atoms with E-state index >= 15 is 0 Å². The maximum absolute atomic E-state index is 9.74. The van der Waals surface area contributed by atoms with Gasteiger partial charge in [0, 0.05) is 10.6 Å². The highest BCUT2D eigenvalue weighted by Gasteiger charge is 2.09. The molecule has 1 aromatic rings. The van der Waals surface area contributed by atoms with Crippen LogP contribution in [-0.2, 0) is 4.74 Å². The fourth-order valence-corrected chi connectivity index (χ4v) is 2.21. The molecule has 0 aliphatic carbocycles. The first-order valence-electron chi connectivity index (χ1n) is 5.69. The van der Waals surface area contributed by atoms with Crippen LogP contribution in [0.4, 0.5) is 0 Å². The molecule has 0 aromatic heterocycles. The fourth-order valence-electron chi connectivity index (χ4n) is 1.28. The zero-order valence-corrected chi connectivity index (χ0v) is 11.4. The van der Waals surface area contributed by atoms with Crippen LogP contribution in [0.1, 0.15) is 13.8 Å². The third-order valence-electron chi connectivity index (χ3n) is 2.12. The molecule has 1 aromatic carbocycles. The third kappa shape index (κ3) is 5.44. The van der Waals surface area contributed by atoms with Gasteiger partial charge in [0.25, 0.3) is 0 Å². The van der Waals surface area contributed by atoms with Crippen LogP contribution < -0.4 is 4.74 Å². The minimum Gasteiger partial charge on any atom is -0.496 e. The van der Waals surface area contributed by atoms with Crippen LogP contribution in [0.3, 0.4) is 0 Å². The van der Waals surface area contributed by atoms with Crippen LogP contribution in [0.25, 0.3) is 0 Å². The Labute approximate surface area is 107 Å².